The number of aryl methyl sites for hydroxylation is 1. The number of hydrogen-bond donors (Lipinski definition) is 3. The minimum absolute atomic E-state index is 0.0827. The molecule has 0 aromatic heterocycles. The molecule has 0 radical (unpaired) electrons. The van der Waals surface area contributed by atoms with Crippen molar-refractivity contribution >= 4 is 30.5 Å². The van der Waals surface area contributed by atoms with Gasteiger partial charge in [0, 0.05) is 18.8 Å². The van der Waals surface area contributed by atoms with Crippen LogP contribution in [0.15, 0.2) is 24.3 Å². The average Bonchev–Trinajstić information content (AvgIpc) is 2.77. The van der Waals surface area contributed by atoms with Crippen molar-refractivity contribution in [2.24, 2.45) is 0 Å². The van der Waals surface area contributed by atoms with Crippen LogP contribution in [-0.4, -0.2) is 53.3 Å². The summed E-state index contributed by atoms with van der Waals surface area (Å²) in [6.07, 6.45) is 3.85. The fourth-order valence-corrected chi connectivity index (χ4v) is 3.81. The molecule has 0 aliphatic heterocycles. The predicted octanol–water partition coefficient (Wildman–Crippen LogP) is 4.79. The van der Waals surface area contributed by atoms with Gasteiger partial charge in [-0.3, -0.25) is 9.59 Å². The van der Waals surface area contributed by atoms with E-state index in [-0.39, 0.29) is 17.6 Å². The van der Waals surface area contributed by atoms with Crippen LogP contribution in [0.4, 0.5) is 4.79 Å². The Morgan fingerprint density at radius 1 is 1.06 bits per heavy atom. The van der Waals surface area contributed by atoms with Crippen LogP contribution in [0.25, 0.3) is 0 Å². The van der Waals surface area contributed by atoms with Crippen LogP contribution in [0.3, 0.4) is 0 Å². The lowest BCUT2D eigenvalue weighted by Gasteiger charge is -2.35. The summed E-state index contributed by atoms with van der Waals surface area (Å²) in [6.45, 7) is 12.3. The number of benzene rings is 1. The topological polar surface area (TPSA) is 87.7 Å². The Morgan fingerprint density at radius 3 is 2.26 bits per heavy atom. The van der Waals surface area contributed by atoms with E-state index < -0.39 is 23.8 Å². The quantitative estimate of drug-likeness (QED) is 0.272. The molecule has 1 aromatic rings. The van der Waals surface area contributed by atoms with Crippen LogP contribution in [-0.2, 0) is 14.3 Å². The van der Waals surface area contributed by atoms with Crippen molar-refractivity contribution in [1.29, 1.82) is 0 Å². The third-order valence-electron chi connectivity index (χ3n) is 5.33. The lowest BCUT2D eigenvalue weighted by molar-refractivity contribution is -0.142. The van der Waals surface area contributed by atoms with Crippen LogP contribution >= 0.6 is 12.6 Å². The first-order valence-electron chi connectivity index (χ1n) is 12.3. The molecule has 0 aliphatic rings. The van der Waals surface area contributed by atoms with Gasteiger partial charge in [-0.2, -0.15) is 12.6 Å². The second-order valence-corrected chi connectivity index (χ2v) is 9.89. The Kier molecular flexibility index (Phi) is 13.1. The molecule has 3 amide bonds. The van der Waals surface area contributed by atoms with Gasteiger partial charge in [-0.25, -0.2) is 4.79 Å². The van der Waals surface area contributed by atoms with E-state index in [9.17, 15) is 14.4 Å². The summed E-state index contributed by atoms with van der Waals surface area (Å²) >= 11 is 4.32. The molecule has 2 atom stereocenters. The van der Waals surface area contributed by atoms with E-state index in [1.54, 1.807) is 25.7 Å². The normalized spacial score (nSPS) is 13.0. The molecule has 1 rings (SSSR count). The summed E-state index contributed by atoms with van der Waals surface area (Å²) in [5.41, 5.74) is 1.00. The number of rotatable bonds is 13. The largest absolute Gasteiger partial charge is 0.444 e. The number of nitrogens with zero attached hydrogens (tertiary/aromatic N) is 1. The van der Waals surface area contributed by atoms with Crippen LogP contribution in [0.1, 0.15) is 83.9 Å². The van der Waals surface area contributed by atoms with Gasteiger partial charge < -0.3 is 20.3 Å². The van der Waals surface area contributed by atoms with Gasteiger partial charge in [0.1, 0.15) is 17.7 Å². The van der Waals surface area contributed by atoms with Gasteiger partial charge in [-0.15, -0.1) is 0 Å². The second kappa shape index (κ2) is 14.9. The van der Waals surface area contributed by atoms with Crippen molar-refractivity contribution in [3.63, 3.8) is 0 Å². The fourth-order valence-electron chi connectivity index (χ4n) is 3.56. The second-order valence-electron chi connectivity index (χ2n) is 9.52. The molecule has 0 saturated carbocycles. The smallest absolute Gasteiger partial charge is 0.408 e. The van der Waals surface area contributed by atoms with Crippen molar-refractivity contribution in [2.75, 3.05) is 18.8 Å². The third-order valence-corrected chi connectivity index (χ3v) is 5.70. The summed E-state index contributed by atoms with van der Waals surface area (Å²) in [6, 6.07) is 5.88. The zero-order valence-electron chi connectivity index (χ0n) is 21.6. The first kappa shape index (κ1) is 29.8. The Hall–Kier alpha value is -2.22. The van der Waals surface area contributed by atoms with Crippen molar-refractivity contribution in [3.8, 4) is 0 Å². The molecule has 0 aliphatic carbocycles. The highest BCUT2D eigenvalue weighted by Crippen LogP contribution is 2.26. The van der Waals surface area contributed by atoms with E-state index in [0.29, 0.717) is 13.1 Å². The number of amides is 3. The Morgan fingerprint density at radius 2 is 1.71 bits per heavy atom. The van der Waals surface area contributed by atoms with E-state index in [1.807, 2.05) is 38.1 Å². The Labute approximate surface area is 210 Å². The van der Waals surface area contributed by atoms with Gasteiger partial charge in [-0.1, -0.05) is 57.4 Å². The summed E-state index contributed by atoms with van der Waals surface area (Å²) < 4.78 is 5.33. The maximum atomic E-state index is 13.7. The van der Waals surface area contributed by atoms with Crippen LogP contribution in [0.5, 0.6) is 0 Å². The minimum Gasteiger partial charge on any atom is -0.444 e. The average molecular weight is 494 g/mol. The molecule has 1 aromatic carbocycles. The number of unbranched alkanes of at least 4 members (excludes halogenated alkanes) is 3. The molecular weight excluding hydrogens is 450 g/mol. The Bertz CT molecular complexity index is 794. The maximum Gasteiger partial charge on any atom is 0.408 e. The van der Waals surface area contributed by atoms with E-state index in [1.165, 1.54) is 0 Å². The number of hydrogen-bond acceptors (Lipinski definition) is 5. The van der Waals surface area contributed by atoms with E-state index in [2.05, 4.69) is 30.2 Å². The summed E-state index contributed by atoms with van der Waals surface area (Å²) in [5.74, 6) is -0.490. The molecule has 7 nitrogen and oxygen atoms in total. The standard InChI is InChI=1S/C26H43N3O4S/c1-7-9-13-16-27-23(30)22(20-15-12-11-14-19(20)3)29(17-10-8-2)24(31)21(18-34)28-25(32)33-26(4,5)6/h11-12,14-15,21-22,34H,7-10,13,16-18H2,1-6H3,(H,27,30)(H,28,32). The number of thiol groups is 1. The molecule has 192 valence electrons. The van der Waals surface area contributed by atoms with Crippen LogP contribution in [0.2, 0.25) is 0 Å². The lowest BCUT2D eigenvalue weighted by Crippen LogP contribution is -2.54. The monoisotopic (exact) mass is 493 g/mol. The highest BCUT2D eigenvalue weighted by molar-refractivity contribution is 7.80. The van der Waals surface area contributed by atoms with Gasteiger partial charge in [-0.05, 0) is 51.7 Å². The van der Waals surface area contributed by atoms with Crippen molar-refractivity contribution in [3.05, 3.63) is 35.4 Å². The van der Waals surface area contributed by atoms with Crippen molar-refractivity contribution in [1.82, 2.24) is 15.5 Å². The van der Waals surface area contributed by atoms with Crippen molar-refractivity contribution in [2.45, 2.75) is 91.3 Å². The highest BCUT2D eigenvalue weighted by Gasteiger charge is 2.36. The number of ether oxygens (including phenoxy) is 1. The molecule has 0 spiro atoms. The lowest BCUT2D eigenvalue weighted by atomic mass is 9.98. The molecule has 0 heterocycles. The zero-order valence-corrected chi connectivity index (χ0v) is 22.5. The zero-order chi connectivity index (χ0) is 25.7. The fraction of sp³-hybridized carbons (Fsp3) is 0.654. The van der Waals surface area contributed by atoms with Crippen LogP contribution < -0.4 is 10.6 Å². The molecule has 0 saturated heterocycles. The first-order valence-corrected chi connectivity index (χ1v) is 12.9. The maximum absolute atomic E-state index is 13.7. The van der Waals surface area contributed by atoms with Gasteiger partial charge in [0.05, 0.1) is 0 Å². The minimum atomic E-state index is -0.922. The van der Waals surface area contributed by atoms with Gasteiger partial charge in [0.25, 0.3) is 0 Å². The van der Waals surface area contributed by atoms with Gasteiger partial charge in [0.2, 0.25) is 11.8 Å². The molecular formula is C26H43N3O4S. The van der Waals surface area contributed by atoms with E-state index in [0.717, 1.165) is 43.2 Å². The van der Waals surface area contributed by atoms with Gasteiger partial charge in [0.15, 0.2) is 0 Å². The van der Waals surface area contributed by atoms with Crippen LogP contribution in [0, 0.1) is 6.92 Å². The molecule has 8 heteroatoms. The highest BCUT2D eigenvalue weighted by atomic mass is 32.1. The molecule has 34 heavy (non-hydrogen) atoms. The van der Waals surface area contributed by atoms with Crippen molar-refractivity contribution < 1.29 is 19.1 Å². The summed E-state index contributed by atoms with van der Waals surface area (Å²) in [5, 5.41) is 5.66. The molecule has 0 fully saturated rings. The summed E-state index contributed by atoms with van der Waals surface area (Å²) in [4.78, 5) is 41.1. The number of alkyl carbamates (subject to hydrolysis) is 1. The van der Waals surface area contributed by atoms with E-state index >= 15 is 0 Å². The first-order chi connectivity index (χ1) is 16.1. The number of carbonyl (C=O) groups is 3. The summed E-state index contributed by atoms with van der Waals surface area (Å²) in [7, 11) is 0. The molecule has 2 N–H and O–H groups in total. The number of carbonyl (C=O) groups excluding carboxylic acids is 3. The number of nitrogens with one attached hydrogen (secondary N) is 2. The SMILES string of the molecule is CCCCCNC(=O)C(c1ccccc1C)N(CCCC)C(=O)C(CS)NC(=O)OC(C)(C)C. The van der Waals surface area contributed by atoms with Gasteiger partial charge >= 0.3 is 6.09 Å². The molecule has 0 bridgehead atoms. The Balaban J connectivity index is 3.29. The molecule has 2 unspecified atom stereocenters. The van der Waals surface area contributed by atoms with E-state index in [4.69, 9.17) is 4.74 Å². The predicted molar refractivity (Wildman–Crippen MR) is 140 cm³/mol. The third kappa shape index (κ3) is 9.95.